The zero-order chi connectivity index (χ0) is 11.5. The number of nitriles is 1. The zero-order valence-electron chi connectivity index (χ0n) is 9.74. The average molecular weight is 203 g/mol. The van der Waals surface area contributed by atoms with Crippen molar-refractivity contribution in [2.75, 3.05) is 0 Å². The van der Waals surface area contributed by atoms with E-state index in [1.54, 1.807) is 6.07 Å². The monoisotopic (exact) mass is 203 g/mol. The summed E-state index contributed by atoms with van der Waals surface area (Å²) in [5.74, 6) is 0.669. The van der Waals surface area contributed by atoms with E-state index >= 15 is 0 Å². The molecule has 0 aliphatic rings. The van der Waals surface area contributed by atoms with Gasteiger partial charge in [0.15, 0.2) is 0 Å². The lowest BCUT2D eigenvalue weighted by atomic mass is 9.90. The smallest absolute Gasteiger partial charge is 0.137 e. The Kier molecular flexibility index (Phi) is 3.36. The molecule has 2 nitrogen and oxygen atoms in total. The zero-order valence-corrected chi connectivity index (χ0v) is 9.74. The van der Waals surface area contributed by atoms with Gasteiger partial charge in [-0.15, -0.1) is 0 Å². The summed E-state index contributed by atoms with van der Waals surface area (Å²) >= 11 is 0. The standard InChI is InChI=1S/C13H17NO/c1-10(13(2,3)4)15-12-8-6-5-7-11(12)9-14/h5-8,10H,1-4H3. The van der Waals surface area contributed by atoms with Crippen LogP contribution in [0.4, 0.5) is 0 Å². The molecule has 1 atom stereocenters. The van der Waals surface area contributed by atoms with Crippen molar-refractivity contribution < 1.29 is 4.74 Å². The summed E-state index contributed by atoms with van der Waals surface area (Å²) in [5, 5.41) is 8.90. The van der Waals surface area contributed by atoms with Crippen LogP contribution in [0.2, 0.25) is 0 Å². The quantitative estimate of drug-likeness (QED) is 0.738. The lowest BCUT2D eigenvalue weighted by molar-refractivity contribution is 0.103. The van der Waals surface area contributed by atoms with Crippen LogP contribution in [0.25, 0.3) is 0 Å². The molecule has 1 rings (SSSR count). The Morgan fingerprint density at radius 1 is 1.27 bits per heavy atom. The molecule has 0 N–H and O–H groups in total. The minimum absolute atomic E-state index is 0.0720. The molecule has 0 aromatic heterocycles. The van der Waals surface area contributed by atoms with Crippen molar-refractivity contribution in [3.8, 4) is 11.8 Å². The van der Waals surface area contributed by atoms with Gasteiger partial charge in [-0.2, -0.15) is 5.26 Å². The maximum absolute atomic E-state index is 8.90. The summed E-state index contributed by atoms with van der Waals surface area (Å²) in [5.41, 5.74) is 0.663. The van der Waals surface area contributed by atoms with Crippen molar-refractivity contribution in [3.63, 3.8) is 0 Å². The van der Waals surface area contributed by atoms with E-state index in [2.05, 4.69) is 26.8 Å². The first-order valence-electron chi connectivity index (χ1n) is 5.11. The first-order chi connectivity index (χ1) is 6.95. The Morgan fingerprint density at radius 2 is 1.87 bits per heavy atom. The molecule has 1 aromatic carbocycles. The van der Waals surface area contributed by atoms with E-state index in [1.807, 2.05) is 25.1 Å². The molecule has 0 saturated heterocycles. The highest BCUT2D eigenvalue weighted by Crippen LogP contribution is 2.26. The fraction of sp³-hybridized carbons (Fsp3) is 0.462. The number of nitrogens with zero attached hydrogens (tertiary/aromatic N) is 1. The van der Waals surface area contributed by atoms with E-state index in [1.165, 1.54) is 0 Å². The second kappa shape index (κ2) is 4.35. The van der Waals surface area contributed by atoms with Crippen molar-refractivity contribution in [3.05, 3.63) is 29.8 Å². The van der Waals surface area contributed by atoms with Gasteiger partial charge in [0.05, 0.1) is 5.56 Å². The van der Waals surface area contributed by atoms with Gasteiger partial charge in [0, 0.05) is 0 Å². The van der Waals surface area contributed by atoms with E-state index < -0.39 is 0 Å². The molecule has 0 saturated carbocycles. The van der Waals surface area contributed by atoms with Crippen LogP contribution in [-0.4, -0.2) is 6.10 Å². The Balaban J connectivity index is 2.86. The van der Waals surface area contributed by atoms with Gasteiger partial charge in [-0.1, -0.05) is 32.9 Å². The van der Waals surface area contributed by atoms with Crippen LogP contribution < -0.4 is 4.74 Å². The fourth-order valence-electron chi connectivity index (χ4n) is 1.03. The van der Waals surface area contributed by atoms with Crippen molar-refractivity contribution in [1.29, 1.82) is 5.26 Å². The Morgan fingerprint density at radius 3 is 2.40 bits per heavy atom. The second-order valence-electron chi connectivity index (χ2n) is 4.73. The molecular weight excluding hydrogens is 186 g/mol. The number of benzene rings is 1. The van der Waals surface area contributed by atoms with Crippen LogP contribution in [0.15, 0.2) is 24.3 Å². The van der Waals surface area contributed by atoms with Crippen LogP contribution in [0.5, 0.6) is 5.75 Å². The summed E-state index contributed by atoms with van der Waals surface area (Å²) in [7, 11) is 0. The predicted molar refractivity (Wildman–Crippen MR) is 60.7 cm³/mol. The van der Waals surface area contributed by atoms with Gasteiger partial charge in [-0.05, 0) is 24.5 Å². The van der Waals surface area contributed by atoms with Gasteiger partial charge >= 0.3 is 0 Å². The molecule has 0 heterocycles. The maximum atomic E-state index is 8.90. The summed E-state index contributed by atoms with van der Waals surface area (Å²) in [6, 6.07) is 9.45. The number of hydrogen-bond acceptors (Lipinski definition) is 2. The fourth-order valence-corrected chi connectivity index (χ4v) is 1.03. The highest BCUT2D eigenvalue weighted by molar-refractivity contribution is 5.42. The normalized spacial score (nSPS) is 13.0. The van der Waals surface area contributed by atoms with Gasteiger partial charge in [-0.25, -0.2) is 0 Å². The topological polar surface area (TPSA) is 33.0 Å². The van der Waals surface area contributed by atoms with Crippen molar-refractivity contribution >= 4 is 0 Å². The molecule has 1 unspecified atom stereocenters. The molecule has 0 radical (unpaired) electrons. The Bertz CT molecular complexity index is 371. The van der Waals surface area contributed by atoms with E-state index in [9.17, 15) is 0 Å². The minimum Gasteiger partial charge on any atom is -0.489 e. The summed E-state index contributed by atoms with van der Waals surface area (Å²) in [6.45, 7) is 8.38. The Labute approximate surface area is 91.5 Å². The number of hydrogen-bond donors (Lipinski definition) is 0. The third-order valence-corrected chi connectivity index (χ3v) is 2.53. The molecule has 0 amide bonds. The molecule has 0 spiro atoms. The van der Waals surface area contributed by atoms with E-state index in [4.69, 9.17) is 10.00 Å². The minimum atomic E-state index is 0.0720. The molecule has 0 aliphatic carbocycles. The molecule has 15 heavy (non-hydrogen) atoms. The van der Waals surface area contributed by atoms with Gasteiger partial charge in [0.25, 0.3) is 0 Å². The molecule has 80 valence electrons. The molecule has 2 heteroatoms. The lowest BCUT2D eigenvalue weighted by Crippen LogP contribution is -2.29. The second-order valence-corrected chi connectivity index (χ2v) is 4.73. The Hall–Kier alpha value is -1.49. The van der Waals surface area contributed by atoms with Crippen LogP contribution in [0, 0.1) is 16.7 Å². The van der Waals surface area contributed by atoms with Crippen LogP contribution >= 0.6 is 0 Å². The third-order valence-electron chi connectivity index (χ3n) is 2.53. The van der Waals surface area contributed by atoms with E-state index in [-0.39, 0.29) is 11.5 Å². The van der Waals surface area contributed by atoms with Crippen LogP contribution in [-0.2, 0) is 0 Å². The number of para-hydroxylation sites is 1. The maximum Gasteiger partial charge on any atom is 0.137 e. The summed E-state index contributed by atoms with van der Waals surface area (Å²) in [4.78, 5) is 0. The van der Waals surface area contributed by atoms with Gasteiger partial charge < -0.3 is 4.74 Å². The van der Waals surface area contributed by atoms with Crippen LogP contribution in [0.3, 0.4) is 0 Å². The highest BCUT2D eigenvalue weighted by atomic mass is 16.5. The van der Waals surface area contributed by atoms with Gasteiger partial charge in [0.1, 0.15) is 17.9 Å². The van der Waals surface area contributed by atoms with Crippen molar-refractivity contribution in [1.82, 2.24) is 0 Å². The lowest BCUT2D eigenvalue weighted by Gasteiger charge is -2.28. The molecule has 0 fully saturated rings. The highest BCUT2D eigenvalue weighted by Gasteiger charge is 2.22. The molecule has 0 bridgehead atoms. The third kappa shape index (κ3) is 2.99. The van der Waals surface area contributed by atoms with Crippen LogP contribution in [0.1, 0.15) is 33.3 Å². The number of ether oxygens (including phenoxy) is 1. The van der Waals surface area contributed by atoms with E-state index in [0.717, 1.165) is 0 Å². The van der Waals surface area contributed by atoms with Gasteiger partial charge in [0.2, 0.25) is 0 Å². The first kappa shape index (κ1) is 11.6. The summed E-state index contributed by atoms with van der Waals surface area (Å²) < 4.78 is 5.78. The average Bonchev–Trinajstić information content (AvgIpc) is 2.17. The van der Waals surface area contributed by atoms with Crippen molar-refractivity contribution in [2.24, 2.45) is 5.41 Å². The van der Waals surface area contributed by atoms with Crippen molar-refractivity contribution in [2.45, 2.75) is 33.8 Å². The largest absolute Gasteiger partial charge is 0.489 e. The SMILES string of the molecule is CC(Oc1ccccc1C#N)C(C)(C)C. The van der Waals surface area contributed by atoms with E-state index in [0.29, 0.717) is 11.3 Å². The van der Waals surface area contributed by atoms with Gasteiger partial charge in [-0.3, -0.25) is 0 Å². The first-order valence-corrected chi connectivity index (χ1v) is 5.11. The molecule has 1 aromatic rings. The summed E-state index contributed by atoms with van der Waals surface area (Å²) in [6.07, 6.45) is 0.0759. The molecular formula is C13H17NO. The number of rotatable bonds is 2. The predicted octanol–water partition coefficient (Wildman–Crippen LogP) is 3.37. The molecule has 0 aliphatic heterocycles.